The van der Waals surface area contributed by atoms with E-state index in [0.717, 1.165) is 28.8 Å². The minimum atomic E-state index is -0.468. The number of fused-ring (bicyclic) bond motifs is 1. The van der Waals surface area contributed by atoms with Gasteiger partial charge in [0, 0.05) is 16.5 Å². The van der Waals surface area contributed by atoms with Crippen molar-refractivity contribution in [1.29, 1.82) is 0 Å². The topological polar surface area (TPSA) is 29.5 Å². The third-order valence-corrected chi connectivity index (χ3v) is 2.69. The van der Waals surface area contributed by atoms with Crippen molar-refractivity contribution in [2.24, 2.45) is 0 Å². The molecule has 0 bridgehead atoms. The Kier molecular flexibility index (Phi) is 2.30. The molecule has 0 spiro atoms. The van der Waals surface area contributed by atoms with Crippen molar-refractivity contribution in [3.63, 3.8) is 0 Å². The van der Waals surface area contributed by atoms with Gasteiger partial charge in [-0.3, -0.25) is 0 Å². The summed E-state index contributed by atoms with van der Waals surface area (Å²) in [4.78, 5) is 0. The molecule has 0 fully saturated rings. The number of aliphatic hydroxyl groups excluding tert-OH is 1. The molecule has 0 unspecified atom stereocenters. The summed E-state index contributed by atoms with van der Waals surface area (Å²) in [5.74, 6) is 0.873. The van der Waals surface area contributed by atoms with Crippen LogP contribution in [0.25, 0.3) is 0 Å². The third kappa shape index (κ3) is 1.58. The van der Waals surface area contributed by atoms with E-state index in [2.05, 4.69) is 15.9 Å². The molecule has 0 amide bonds. The highest BCUT2D eigenvalue weighted by Crippen LogP contribution is 2.36. The van der Waals surface area contributed by atoms with Gasteiger partial charge in [0.05, 0.1) is 12.7 Å². The summed E-state index contributed by atoms with van der Waals surface area (Å²) in [5, 5.41) is 9.51. The van der Waals surface area contributed by atoms with Crippen LogP contribution in [0.15, 0.2) is 16.6 Å². The van der Waals surface area contributed by atoms with Gasteiger partial charge in [0.1, 0.15) is 5.75 Å². The summed E-state index contributed by atoms with van der Waals surface area (Å²) in [5.41, 5.74) is 2.06. The monoisotopic (exact) mass is 242 g/mol. The maximum atomic E-state index is 9.51. The van der Waals surface area contributed by atoms with E-state index >= 15 is 0 Å². The molecule has 1 N–H and O–H groups in total. The largest absolute Gasteiger partial charge is 0.493 e. The van der Waals surface area contributed by atoms with Crippen molar-refractivity contribution >= 4 is 15.9 Å². The average Bonchev–Trinajstić information content (AvgIpc) is 2.49. The minimum Gasteiger partial charge on any atom is -0.493 e. The summed E-state index contributed by atoms with van der Waals surface area (Å²) >= 11 is 3.42. The Morgan fingerprint density at radius 2 is 2.31 bits per heavy atom. The first-order chi connectivity index (χ1) is 6.18. The first-order valence-corrected chi connectivity index (χ1v) is 5.11. The van der Waals surface area contributed by atoms with Crippen LogP contribution in [0.2, 0.25) is 0 Å². The molecule has 3 heteroatoms. The van der Waals surface area contributed by atoms with Gasteiger partial charge in [-0.1, -0.05) is 15.9 Å². The van der Waals surface area contributed by atoms with Gasteiger partial charge in [-0.15, -0.1) is 0 Å². The van der Waals surface area contributed by atoms with Gasteiger partial charge < -0.3 is 9.84 Å². The zero-order valence-corrected chi connectivity index (χ0v) is 8.97. The number of hydrogen-bond acceptors (Lipinski definition) is 2. The lowest BCUT2D eigenvalue weighted by Gasteiger charge is -2.10. The number of benzene rings is 1. The molecule has 1 aliphatic heterocycles. The second-order valence-corrected chi connectivity index (χ2v) is 4.17. The molecule has 1 atom stereocenters. The Morgan fingerprint density at radius 3 is 3.00 bits per heavy atom. The third-order valence-electron chi connectivity index (χ3n) is 2.23. The van der Waals surface area contributed by atoms with Crippen LogP contribution in [-0.2, 0) is 6.42 Å². The van der Waals surface area contributed by atoms with Crippen LogP contribution in [0.1, 0.15) is 24.2 Å². The summed E-state index contributed by atoms with van der Waals surface area (Å²) in [6.45, 7) is 2.48. The van der Waals surface area contributed by atoms with Crippen LogP contribution in [0.4, 0.5) is 0 Å². The smallest absolute Gasteiger partial charge is 0.128 e. The maximum Gasteiger partial charge on any atom is 0.128 e. The average molecular weight is 243 g/mol. The van der Waals surface area contributed by atoms with Crippen LogP contribution in [0.5, 0.6) is 5.75 Å². The lowest BCUT2D eigenvalue weighted by atomic mass is 10.0. The van der Waals surface area contributed by atoms with Crippen molar-refractivity contribution in [2.75, 3.05) is 6.61 Å². The van der Waals surface area contributed by atoms with Crippen LogP contribution < -0.4 is 4.74 Å². The Hall–Kier alpha value is -0.540. The van der Waals surface area contributed by atoms with Crippen molar-refractivity contribution in [1.82, 2.24) is 0 Å². The SMILES string of the molecule is C[C@@H](O)c1cc(Br)cc2c1OCC2. The van der Waals surface area contributed by atoms with E-state index in [9.17, 15) is 5.11 Å². The normalized spacial score (nSPS) is 16.5. The Morgan fingerprint density at radius 1 is 1.54 bits per heavy atom. The van der Waals surface area contributed by atoms with E-state index < -0.39 is 6.10 Å². The molecule has 1 aliphatic rings. The molecule has 2 nitrogen and oxygen atoms in total. The predicted octanol–water partition coefficient (Wildman–Crippen LogP) is 2.44. The molecule has 13 heavy (non-hydrogen) atoms. The molecule has 0 saturated heterocycles. The number of ether oxygens (including phenoxy) is 1. The minimum absolute atomic E-state index is 0.468. The molecule has 0 aliphatic carbocycles. The summed E-state index contributed by atoms with van der Waals surface area (Å²) in [7, 11) is 0. The van der Waals surface area contributed by atoms with Gasteiger partial charge in [-0.05, 0) is 24.6 Å². The fraction of sp³-hybridized carbons (Fsp3) is 0.400. The molecule has 1 aromatic carbocycles. The Balaban J connectivity index is 2.55. The highest BCUT2D eigenvalue weighted by atomic mass is 79.9. The molecule has 0 radical (unpaired) electrons. The maximum absolute atomic E-state index is 9.51. The molecular formula is C10H11BrO2. The highest BCUT2D eigenvalue weighted by Gasteiger charge is 2.19. The van der Waals surface area contributed by atoms with Gasteiger partial charge in [-0.25, -0.2) is 0 Å². The second-order valence-electron chi connectivity index (χ2n) is 3.26. The molecule has 1 heterocycles. The molecule has 1 aromatic rings. The standard InChI is InChI=1S/C10H11BrO2/c1-6(12)9-5-8(11)4-7-2-3-13-10(7)9/h4-6,12H,2-3H2,1H3/t6-/m1/s1. The molecule has 0 saturated carbocycles. The highest BCUT2D eigenvalue weighted by molar-refractivity contribution is 9.10. The first-order valence-electron chi connectivity index (χ1n) is 4.31. The van der Waals surface area contributed by atoms with Gasteiger partial charge in [0.15, 0.2) is 0 Å². The number of aliphatic hydroxyl groups is 1. The molecular weight excluding hydrogens is 232 g/mol. The van der Waals surface area contributed by atoms with Crippen molar-refractivity contribution in [3.8, 4) is 5.75 Å². The summed E-state index contributed by atoms with van der Waals surface area (Å²) < 4.78 is 6.47. The predicted molar refractivity (Wildman–Crippen MR) is 54.0 cm³/mol. The molecule has 2 rings (SSSR count). The summed E-state index contributed by atoms with van der Waals surface area (Å²) in [6, 6.07) is 3.96. The van der Waals surface area contributed by atoms with E-state index in [4.69, 9.17) is 4.74 Å². The number of rotatable bonds is 1. The second kappa shape index (κ2) is 3.31. The fourth-order valence-electron chi connectivity index (χ4n) is 1.61. The zero-order valence-electron chi connectivity index (χ0n) is 7.38. The van der Waals surface area contributed by atoms with Crippen molar-refractivity contribution < 1.29 is 9.84 Å². The van der Waals surface area contributed by atoms with Crippen LogP contribution >= 0.6 is 15.9 Å². The van der Waals surface area contributed by atoms with Gasteiger partial charge >= 0.3 is 0 Å². The molecule has 70 valence electrons. The Bertz CT molecular complexity index is 334. The van der Waals surface area contributed by atoms with E-state index in [1.54, 1.807) is 6.92 Å². The van der Waals surface area contributed by atoms with Crippen molar-refractivity contribution in [3.05, 3.63) is 27.7 Å². The van der Waals surface area contributed by atoms with Crippen LogP contribution in [0, 0.1) is 0 Å². The van der Waals surface area contributed by atoms with E-state index in [0.29, 0.717) is 0 Å². The lowest BCUT2D eigenvalue weighted by molar-refractivity contribution is 0.193. The lowest BCUT2D eigenvalue weighted by Crippen LogP contribution is -1.96. The van der Waals surface area contributed by atoms with Crippen LogP contribution in [-0.4, -0.2) is 11.7 Å². The quantitative estimate of drug-likeness (QED) is 0.820. The number of hydrogen-bond donors (Lipinski definition) is 1. The zero-order chi connectivity index (χ0) is 9.42. The molecule has 0 aromatic heterocycles. The van der Waals surface area contributed by atoms with E-state index in [1.165, 1.54) is 5.56 Å². The van der Waals surface area contributed by atoms with E-state index in [-0.39, 0.29) is 0 Å². The van der Waals surface area contributed by atoms with Gasteiger partial charge in [0.2, 0.25) is 0 Å². The van der Waals surface area contributed by atoms with Gasteiger partial charge in [-0.2, -0.15) is 0 Å². The summed E-state index contributed by atoms with van der Waals surface area (Å²) in [6.07, 6.45) is 0.471. The Labute approximate surface area is 85.7 Å². The number of halogens is 1. The fourth-order valence-corrected chi connectivity index (χ4v) is 2.13. The van der Waals surface area contributed by atoms with Crippen LogP contribution in [0.3, 0.4) is 0 Å². The van der Waals surface area contributed by atoms with Crippen molar-refractivity contribution in [2.45, 2.75) is 19.4 Å². The first kappa shape index (κ1) is 9.03. The van der Waals surface area contributed by atoms with Gasteiger partial charge in [0.25, 0.3) is 0 Å². The van der Waals surface area contributed by atoms with E-state index in [1.807, 2.05) is 12.1 Å².